The van der Waals surface area contributed by atoms with Crippen molar-refractivity contribution in [2.24, 2.45) is 17.6 Å². The van der Waals surface area contributed by atoms with E-state index in [2.05, 4.69) is 42.5 Å². The molecule has 0 radical (unpaired) electrons. The van der Waals surface area contributed by atoms with Gasteiger partial charge in [0.25, 0.3) is 0 Å². The Bertz CT molecular complexity index is 706. The van der Waals surface area contributed by atoms with Crippen molar-refractivity contribution in [3.8, 4) is 0 Å². The van der Waals surface area contributed by atoms with Crippen LogP contribution < -0.4 is 5.73 Å². The zero-order valence-electron chi connectivity index (χ0n) is 12.7. The van der Waals surface area contributed by atoms with Crippen molar-refractivity contribution < 1.29 is 4.79 Å². The third-order valence-corrected chi connectivity index (χ3v) is 5.26. The molecule has 2 aromatic carbocycles. The van der Waals surface area contributed by atoms with Gasteiger partial charge >= 0.3 is 0 Å². The molecule has 3 heteroatoms. The minimum Gasteiger partial charge on any atom is -0.342 e. The van der Waals surface area contributed by atoms with Crippen LogP contribution in [0.5, 0.6) is 0 Å². The molecule has 1 amide bonds. The fourth-order valence-electron chi connectivity index (χ4n) is 3.85. The van der Waals surface area contributed by atoms with Gasteiger partial charge in [0.2, 0.25) is 5.91 Å². The number of nitrogens with two attached hydrogens (primary N) is 1. The van der Waals surface area contributed by atoms with Gasteiger partial charge in [-0.15, -0.1) is 0 Å². The molecule has 3 nitrogen and oxygen atoms in total. The summed E-state index contributed by atoms with van der Waals surface area (Å²) in [6.07, 6.45) is 2.06. The predicted octanol–water partition coefficient (Wildman–Crippen LogP) is 2.75. The van der Waals surface area contributed by atoms with Crippen molar-refractivity contribution in [3.63, 3.8) is 0 Å². The molecule has 4 rings (SSSR count). The Kier molecular flexibility index (Phi) is 3.38. The van der Waals surface area contributed by atoms with Gasteiger partial charge in [-0.1, -0.05) is 42.5 Å². The van der Waals surface area contributed by atoms with Gasteiger partial charge in [0.05, 0.1) is 0 Å². The van der Waals surface area contributed by atoms with Crippen molar-refractivity contribution in [2.75, 3.05) is 19.6 Å². The van der Waals surface area contributed by atoms with Gasteiger partial charge in [0.15, 0.2) is 0 Å². The van der Waals surface area contributed by atoms with E-state index in [-0.39, 0.29) is 5.92 Å². The van der Waals surface area contributed by atoms with Gasteiger partial charge in [0, 0.05) is 19.0 Å². The van der Waals surface area contributed by atoms with E-state index in [0.717, 1.165) is 25.9 Å². The first-order valence-electron chi connectivity index (χ1n) is 8.24. The minimum atomic E-state index is 0.183. The van der Waals surface area contributed by atoms with Gasteiger partial charge < -0.3 is 10.6 Å². The fourth-order valence-corrected chi connectivity index (χ4v) is 3.85. The van der Waals surface area contributed by atoms with E-state index in [9.17, 15) is 4.79 Å². The molecule has 0 spiro atoms. The number of nitrogens with zero attached hydrogens (tertiary/aromatic N) is 1. The van der Waals surface area contributed by atoms with Crippen LogP contribution in [0.4, 0.5) is 0 Å². The van der Waals surface area contributed by atoms with E-state index in [1.54, 1.807) is 0 Å². The third-order valence-electron chi connectivity index (χ3n) is 5.26. The first-order valence-corrected chi connectivity index (χ1v) is 8.24. The molecular weight excluding hydrogens is 272 g/mol. The molecular formula is C19H22N2O. The summed E-state index contributed by atoms with van der Waals surface area (Å²) >= 11 is 0. The molecule has 1 heterocycles. The number of likely N-dealkylation sites (tertiary alicyclic amines) is 1. The highest BCUT2D eigenvalue weighted by Crippen LogP contribution is 2.50. The molecule has 2 N–H and O–H groups in total. The molecule has 2 aliphatic rings. The highest BCUT2D eigenvalue weighted by atomic mass is 16.2. The number of amides is 1. The van der Waals surface area contributed by atoms with Crippen LogP contribution in [-0.2, 0) is 4.79 Å². The SMILES string of the molecule is NCC1CCN(C(=O)C2CC2c2cccc3ccccc23)C1. The summed E-state index contributed by atoms with van der Waals surface area (Å²) in [6, 6.07) is 14.9. The van der Waals surface area contributed by atoms with Crippen molar-refractivity contribution in [3.05, 3.63) is 48.0 Å². The largest absolute Gasteiger partial charge is 0.342 e. The summed E-state index contributed by atoms with van der Waals surface area (Å²) in [5.41, 5.74) is 7.07. The van der Waals surface area contributed by atoms with Crippen LogP contribution in [0.1, 0.15) is 24.3 Å². The van der Waals surface area contributed by atoms with Crippen LogP contribution in [-0.4, -0.2) is 30.4 Å². The lowest BCUT2D eigenvalue weighted by atomic mass is 10.00. The van der Waals surface area contributed by atoms with Crippen LogP contribution in [0.3, 0.4) is 0 Å². The third kappa shape index (κ3) is 2.30. The van der Waals surface area contributed by atoms with E-state index in [4.69, 9.17) is 5.73 Å². The molecule has 0 aromatic heterocycles. The zero-order valence-corrected chi connectivity index (χ0v) is 12.7. The number of hydrogen-bond acceptors (Lipinski definition) is 2. The van der Waals surface area contributed by atoms with E-state index >= 15 is 0 Å². The van der Waals surface area contributed by atoms with Crippen LogP contribution in [0.2, 0.25) is 0 Å². The highest BCUT2D eigenvalue weighted by molar-refractivity contribution is 5.89. The number of carbonyl (C=O) groups excluding carboxylic acids is 1. The molecule has 114 valence electrons. The monoisotopic (exact) mass is 294 g/mol. The summed E-state index contributed by atoms with van der Waals surface area (Å²) in [4.78, 5) is 14.7. The lowest BCUT2D eigenvalue weighted by Gasteiger charge is -2.16. The van der Waals surface area contributed by atoms with Gasteiger partial charge in [-0.25, -0.2) is 0 Å². The van der Waals surface area contributed by atoms with E-state index < -0.39 is 0 Å². The predicted molar refractivity (Wildman–Crippen MR) is 88.5 cm³/mol. The molecule has 2 aromatic rings. The van der Waals surface area contributed by atoms with Crippen LogP contribution in [0.25, 0.3) is 10.8 Å². The molecule has 0 bridgehead atoms. The Morgan fingerprint density at radius 3 is 2.82 bits per heavy atom. The van der Waals surface area contributed by atoms with Gasteiger partial charge in [-0.05, 0) is 47.6 Å². The number of carbonyl (C=O) groups is 1. The Balaban J connectivity index is 1.53. The molecule has 3 unspecified atom stereocenters. The molecule has 3 atom stereocenters. The second kappa shape index (κ2) is 5.40. The summed E-state index contributed by atoms with van der Waals surface area (Å²) in [5, 5.41) is 2.56. The fraction of sp³-hybridized carbons (Fsp3) is 0.421. The number of hydrogen-bond donors (Lipinski definition) is 1. The number of fused-ring (bicyclic) bond motifs is 1. The lowest BCUT2D eigenvalue weighted by molar-refractivity contribution is -0.131. The average molecular weight is 294 g/mol. The molecule has 1 aliphatic carbocycles. The highest BCUT2D eigenvalue weighted by Gasteiger charge is 2.47. The topological polar surface area (TPSA) is 46.3 Å². The van der Waals surface area contributed by atoms with Crippen molar-refractivity contribution in [1.82, 2.24) is 4.90 Å². The van der Waals surface area contributed by atoms with E-state index in [1.807, 2.05) is 4.90 Å². The maximum Gasteiger partial charge on any atom is 0.226 e. The van der Waals surface area contributed by atoms with E-state index in [0.29, 0.717) is 24.3 Å². The Morgan fingerprint density at radius 1 is 1.18 bits per heavy atom. The van der Waals surface area contributed by atoms with Gasteiger partial charge in [-0.3, -0.25) is 4.79 Å². The first-order chi connectivity index (χ1) is 10.8. The zero-order chi connectivity index (χ0) is 15.1. The quantitative estimate of drug-likeness (QED) is 0.946. The van der Waals surface area contributed by atoms with Gasteiger partial charge in [-0.2, -0.15) is 0 Å². The number of benzene rings is 2. The molecule has 22 heavy (non-hydrogen) atoms. The second-order valence-corrected chi connectivity index (χ2v) is 6.69. The summed E-state index contributed by atoms with van der Waals surface area (Å²) in [6.45, 7) is 2.44. The van der Waals surface area contributed by atoms with Gasteiger partial charge in [0.1, 0.15) is 0 Å². The van der Waals surface area contributed by atoms with Crippen LogP contribution >= 0.6 is 0 Å². The Labute approximate surface area is 131 Å². The normalized spacial score (nSPS) is 27.3. The Hall–Kier alpha value is -1.87. The van der Waals surface area contributed by atoms with E-state index in [1.165, 1.54) is 16.3 Å². The first kappa shape index (κ1) is 13.8. The smallest absolute Gasteiger partial charge is 0.226 e. The van der Waals surface area contributed by atoms with Crippen molar-refractivity contribution in [2.45, 2.75) is 18.8 Å². The minimum absolute atomic E-state index is 0.183. The molecule has 1 aliphatic heterocycles. The maximum absolute atomic E-state index is 12.7. The summed E-state index contributed by atoms with van der Waals surface area (Å²) < 4.78 is 0. The van der Waals surface area contributed by atoms with Crippen molar-refractivity contribution >= 4 is 16.7 Å². The average Bonchev–Trinajstić information content (AvgIpc) is 3.21. The Morgan fingerprint density at radius 2 is 2.00 bits per heavy atom. The second-order valence-electron chi connectivity index (χ2n) is 6.69. The molecule has 1 saturated carbocycles. The van der Waals surface area contributed by atoms with Crippen LogP contribution in [0, 0.1) is 11.8 Å². The molecule has 2 fully saturated rings. The van der Waals surface area contributed by atoms with Crippen LogP contribution in [0.15, 0.2) is 42.5 Å². The summed E-state index contributed by atoms with van der Waals surface area (Å²) in [5.74, 6) is 1.42. The molecule has 1 saturated heterocycles. The van der Waals surface area contributed by atoms with Crippen molar-refractivity contribution in [1.29, 1.82) is 0 Å². The summed E-state index contributed by atoms with van der Waals surface area (Å²) in [7, 11) is 0. The lowest BCUT2D eigenvalue weighted by Crippen LogP contribution is -2.31. The number of rotatable bonds is 3. The maximum atomic E-state index is 12.7. The standard InChI is InChI=1S/C19H22N2O/c20-11-13-8-9-21(12-13)19(22)18-10-17(18)16-7-3-5-14-4-1-2-6-15(14)16/h1-7,13,17-18H,8-12,20H2.